The number of methoxy groups -OCH3 is 2. The van der Waals surface area contributed by atoms with Gasteiger partial charge in [-0.15, -0.1) is 0 Å². The molecule has 1 heterocycles. The first kappa shape index (κ1) is 19.9. The molecule has 26 heavy (non-hydrogen) atoms. The van der Waals surface area contributed by atoms with Gasteiger partial charge in [0.2, 0.25) is 0 Å². The minimum atomic E-state index is -0.840. The summed E-state index contributed by atoms with van der Waals surface area (Å²) in [6.45, 7) is 4.74. The van der Waals surface area contributed by atoms with Crippen molar-refractivity contribution in [2.75, 3.05) is 27.3 Å². The van der Waals surface area contributed by atoms with E-state index in [0.717, 1.165) is 5.56 Å². The lowest BCUT2D eigenvalue weighted by Gasteiger charge is -2.35. The third-order valence-electron chi connectivity index (χ3n) is 4.66. The highest BCUT2D eigenvalue weighted by Gasteiger charge is 2.32. The number of amides is 2. The summed E-state index contributed by atoms with van der Waals surface area (Å²) in [4.78, 5) is 25.4. The maximum absolute atomic E-state index is 12.5. The molecule has 1 aliphatic rings. The monoisotopic (exact) mass is 364 g/mol. The molecule has 2 N–H and O–H groups in total. The molecule has 1 aromatic carbocycles. The molecule has 0 aromatic heterocycles. The van der Waals surface area contributed by atoms with E-state index in [1.54, 1.807) is 19.1 Å². The number of carboxylic acids is 1. The van der Waals surface area contributed by atoms with Gasteiger partial charge in [0.05, 0.1) is 20.1 Å². The van der Waals surface area contributed by atoms with Crippen LogP contribution >= 0.6 is 0 Å². The third-order valence-corrected chi connectivity index (χ3v) is 4.66. The maximum atomic E-state index is 12.5. The van der Waals surface area contributed by atoms with Gasteiger partial charge in [0.25, 0.3) is 0 Å². The number of nitrogens with zero attached hydrogens (tertiary/aromatic N) is 1. The lowest BCUT2D eigenvalue weighted by atomic mass is 9.91. The Bertz CT molecular complexity index is 649. The molecule has 1 fully saturated rings. The van der Waals surface area contributed by atoms with Crippen molar-refractivity contribution in [2.45, 2.75) is 32.7 Å². The van der Waals surface area contributed by atoms with Gasteiger partial charge in [-0.1, -0.05) is 13.0 Å². The number of hydrogen-bond acceptors (Lipinski definition) is 4. The summed E-state index contributed by atoms with van der Waals surface area (Å²) in [6.07, 6.45) is 1.25. The first-order valence-corrected chi connectivity index (χ1v) is 8.83. The fourth-order valence-corrected chi connectivity index (χ4v) is 3.41. The first-order valence-electron chi connectivity index (χ1n) is 8.83. The highest BCUT2D eigenvalue weighted by atomic mass is 16.5. The van der Waals surface area contributed by atoms with E-state index in [-0.39, 0.29) is 24.5 Å². The van der Waals surface area contributed by atoms with Gasteiger partial charge in [-0.25, -0.2) is 4.79 Å². The van der Waals surface area contributed by atoms with Crippen molar-refractivity contribution in [1.82, 2.24) is 10.2 Å². The van der Waals surface area contributed by atoms with E-state index in [1.165, 1.54) is 0 Å². The summed E-state index contributed by atoms with van der Waals surface area (Å²) in [7, 11) is 3.17. The highest BCUT2D eigenvalue weighted by molar-refractivity contribution is 5.76. The second-order valence-corrected chi connectivity index (χ2v) is 7.03. The number of benzene rings is 1. The van der Waals surface area contributed by atoms with E-state index < -0.39 is 11.9 Å². The van der Waals surface area contributed by atoms with Gasteiger partial charge in [0, 0.05) is 19.1 Å². The van der Waals surface area contributed by atoms with Crippen molar-refractivity contribution in [1.29, 1.82) is 0 Å². The summed E-state index contributed by atoms with van der Waals surface area (Å²) in [5, 5.41) is 12.2. The van der Waals surface area contributed by atoms with Gasteiger partial charge in [0.15, 0.2) is 11.5 Å². The summed E-state index contributed by atoms with van der Waals surface area (Å²) < 4.78 is 10.5. The molecule has 2 amide bonds. The Hall–Kier alpha value is -2.44. The van der Waals surface area contributed by atoms with Gasteiger partial charge < -0.3 is 24.8 Å². The molecule has 0 radical (unpaired) electrons. The highest BCUT2D eigenvalue weighted by Crippen LogP contribution is 2.28. The van der Waals surface area contributed by atoms with Crippen LogP contribution in [0.5, 0.6) is 11.5 Å². The van der Waals surface area contributed by atoms with Crippen molar-refractivity contribution in [3.05, 3.63) is 23.8 Å². The zero-order chi connectivity index (χ0) is 19.3. The second-order valence-electron chi connectivity index (χ2n) is 7.03. The second kappa shape index (κ2) is 8.78. The van der Waals surface area contributed by atoms with Crippen LogP contribution in [0.3, 0.4) is 0 Å². The van der Waals surface area contributed by atoms with Gasteiger partial charge in [-0.2, -0.15) is 0 Å². The van der Waals surface area contributed by atoms with Crippen LogP contribution in [-0.4, -0.2) is 55.4 Å². The lowest BCUT2D eigenvalue weighted by Crippen LogP contribution is -2.51. The molecule has 3 unspecified atom stereocenters. The number of piperidine rings is 1. The Balaban J connectivity index is 1.95. The topological polar surface area (TPSA) is 88.1 Å². The van der Waals surface area contributed by atoms with E-state index >= 15 is 0 Å². The Labute approximate surface area is 154 Å². The number of carbonyl (C=O) groups excluding carboxylic acids is 1. The number of aliphatic carboxylic acids is 1. The van der Waals surface area contributed by atoms with E-state index in [1.807, 2.05) is 32.0 Å². The zero-order valence-corrected chi connectivity index (χ0v) is 15.8. The molecule has 0 aliphatic carbocycles. The van der Waals surface area contributed by atoms with Crippen LogP contribution in [0, 0.1) is 11.8 Å². The Morgan fingerprint density at radius 3 is 2.58 bits per heavy atom. The number of hydrogen-bond donors (Lipinski definition) is 2. The van der Waals surface area contributed by atoms with Crippen LogP contribution in [0.15, 0.2) is 18.2 Å². The molecule has 7 nitrogen and oxygen atoms in total. The molecule has 0 saturated carbocycles. The normalized spacial score (nSPS) is 21.0. The average Bonchev–Trinajstić information content (AvgIpc) is 2.60. The SMILES string of the molecule is COc1ccc(CC(C)NC(=O)N2CC(C)CC(C(=O)O)C2)cc1OC. The van der Waals surface area contributed by atoms with Crippen molar-refractivity contribution < 1.29 is 24.2 Å². The lowest BCUT2D eigenvalue weighted by molar-refractivity contribution is -0.143. The first-order chi connectivity index (χ1) is 12.3. The van der Waals surface area contributed by atoms with Gasteiger partial charge in [0.1, 0.15) is 0 Å². The summed E-state index contributed by atoms with van der Waals surface area (Å²) in [6, 6.07) is 5.36. The minimum Gasteiger partial charge on any atom is -0.493 e. The molecule has 1 aromatic rings. The van der Waals surface area contributed by atoms with E-state index in [2.05, 4.69) is 5.32 Å². The Kier molecular flexibility index (Phi) is 6.71. The number of carboxylic acid groups (broad SMARTS) is 1. The van der Waals surface area contributed by atoms with Crippen LogP contribution in [0.4, 0.5) is 4.79 Å². The van der Waals surface area contributed by atoms with Crippen LogP contribution in [0.1, 0.15) is 25.8 Å². The molecular formula is C19H28N2O5. The minimum absolute atomic E-state index is 0.0962. The quantitative estimate of drug-likeness (QED) is 0.809. The van der Waals surface area contributed by atoms with Crippen molar-refractivity contribution in [2.24, 2.45) is 11.8 Å². The predicted octanol–water partition coefficient (Wildman–Crippen LogP) is 2.39. The molecule has 0 bridgehead atoms. The number of rotatable bonds is 6. The number of carbonyl (C=O) groups is 2. The maximum Gasteiger partial charge on any atom is 0.317 e. The van der Waals surface area contributed by atoms with E-state index in [0.29, 0.717) is 30.9 Å². The van der Waals surface area contributed by atoms with Crippen molar-refractivity contribution >= 4 is 12.0 Å². The van der Waals surface area contributed by atoms with Gasteiger partial charge in [-0.3, -0.25) is 4.79 Å². The summed E-state index contributed by atoms with van der Waals surface area (Å²) in [5.41, 5.74) is 1.02. The molecule has 3 atom stereocenters. The molecule has 144 valence electrons. The van der Waals surface area contributed by atoms with Crippen molar-refractivity contribution in [3.63, 3.8) is 0 Å². The fraction of sp³-hybridized carbons (Fsp3) is 0.579. The summed E-state index contributed by atoms with van der Waals surface area (Å²) >= 11 is 0. The molecule has 1 saturated heterocycles. The number of nitrogens with one attached hydrogen (secondary N) is 1. The largest absolute Gasteiger partial charge is 0.493 e. The smallest absolute Gasteiger partial charge is 0.317 e. The van der Waals surface area contributed by atoms with E-state index in [9.17, 15) is 14.7 Å². The summed E-state index contributed by atoms with van der Waals surface area (Å²) in [5.74, 6) is 0.155. The number of ether oxygens (including phenoxy) is 2. The molecule has 2 rings (SSSR count). The predicted molar refractivity (Wildman–Crippen MR) is 97.7 cm³/mol. The molecule has 7 heteroatoms. The van der Waals surface area contributed by atoms with Gasteiger partial charge in [-0.05, 0) is 43.4 Å². The standard InChI is InChI=1S/C19H28N2O5/c1-12-7-15(18(22)23)11-21(10-12)19(24)20-13(2)8-14-5-6-16(25-3)17(9-14)26-4/h5-6,9,12-13,15H,7-8,10-11H2,1-4H3,(H,20,24)(H,22,23). The zero-order valence-electron chi connectivity index (χ0n) is 15.8. The van der Waals surface area contributed by atoms with E-state index in [4.69, 9.17) is 9.47 Å². The Morgan fingerprint density at radius 2 is 1.96 bits per heavy atom. The number of likely N-dealkylation sites (tertiary alicyclic amines) is 1. The van der Waals surface area contributed by atoms with Crippen LogP contribution in [0.25, 0.3) is 0 Å². The molecule has 0 spiro atoms. The molecular weight excluding hydrogens is 336 g/mol. The number of urea groups is 1. The molecule has 1 aliphatic heterocycles. The third kappa shape index (κ3) is 5.03. The van der Waals surface area contributed by atoms with Gasteiger partial charge >= 0.3 is 12.0 Å². The van der Waals surface area contributed by atoms with Crippen molar-refractivity contribution in [3.8, 4) is 11.5 Å². The average molecular weight is 364 g/mol. The van der Waals surface area contributed by atoms with Crippen LogP contribution in [0.2, 0.25) is 0 Å². The van der Waals surface area contributed by atoms with Crippen LogP contribution in [-0.2, 0) is 11.2 Å². The van der Waals surface area contributed by atoms with Crippen LogP contribution < -0.4 is 14.8 Å². The fourth-order valence-electron chi connectivity index (χ4n) is 3.41. The Morgan fingerprint density at radius 1 is 1.27 bits per heavy atom.